The van der Waals surface area contributed by atoms with E-state index in [0.29, 0.717) is 29.1 Å². The second-order valence-electron chi connectivity index (χ2n) is 6.50. The van der Waals surface area contributed by atoms with Gasteiger partial charge in [0.05, 0.1) is 28.4 Å². The summed E-state index contributed by atoms with van der Waals surface area (Å²) in [5, 5.41) is 6.61. The zero-order valence-corrected chi connectivity index (χ0v) is 18.0. The van der Waals surface area contributed by atoms with E-state index in [1.165, 1.54) is 5.56 Å². The molecule has 29 heavy (non-hydrogen) atoms. The Morgan fingerprint density at radius 2 is 1.55 bits per heavy atom. The summed E-state index contributed by atoms with van der Waals surface area (Å²) in [6.45, 7) is 2.98. The molecule has 0 aliphatic rings. The molecule has 2 aromatic carbocycles. The monoisotopic (exact) mass is 401 g/mol. The van der Waals surface area contributed by atoms with Crippen LogP contribution in [-0.2, 0) is 0 Å². The van der Waals surface area contributed by atoms with E-state index in [-0.39, 0.29) is 0 Å². The third-order valence-corrected chi connectivity index (χ3v) is 4.71. The minimum atomic E-state index is 0.410. The lowest BCUT2D eigenvalue weighted by Crippen LogP contribution is -2.32. The molecule has 0 saturated heterocycles. The van der Waals surface area contributed by atoms with Crippen LogP contribution in [0.15, 0.2) is 41.4 Å². The zero-order chi connectivity index (χ0) is 21.2. The van der Waals surface area contributed by atoms with E-state index in [1.54, 1.807) is 35.5 Å². The van der Waals surface area contributed by atoms with Gasteiger partial charge in [-0.1, -0.05) is 19.1 Å². The van der Waals surface area contributed by atoms with Crippen LogP contribution in [0.25, 0.3) is 0 Å². The summed E-state index contributed by atoms with van der Waals surface area (Å²) in [6.07, 6.45) is 0.961. The Hall–Kier alpha value is -3.09. The van der Waals surface area contributed by atoms with Crippen molar-refractivity contribution in [2.45, 2.75) is 19.3 Å². The van der Waals surface area contributed by atoms with Crippen molar-refractivity contribution < 1.29 is 18.9 Å². The smallest absolute Gasteiger partial charge is 0.203 e. The topological polar surface area (TPSA) is 73.3 Å². The number of nitrogens with zero attached hydrogens (tertiary/aromatic N) is 1. The second kappa shape index (κ2) is 11.0. The largest absolute Gasteiger partial charge is 0.497 e. The van der Waals surface area contributed by atoms with E-state index >= 15 is 0 Å². The minimum Gasteiger partial charge on any atom is -0.497 e. The molecule has 1 unspecified atom stereocenters. The summed E-state index contributed by atoms with van der Waals surface area (Å²) in [7, 11) is 8.18. The Labute approximate surface area is 173 Å². The molecule has 158 valence electrons. The number of aliphatic imine (C=N–C) groups is 1. The molecule has 0 spiro atoms. The lowest BCUT2D eigenvalue weighted by atomic mass is 9.98. The molecule has 2 aromatic rings. The van der Waals surface area contributed by atoms with Crippen LogP contribution in [0.3, 0.4) is 0 Å². The van der Waals surface area contributed by atoms with Crippen molar-refractivity contribution >= 4 is 11.6 Å². The summed E-state index contributed by atoms with van der Waals surface area (Å²) in [5.41, 5.74) is 2.07. The van der Waals surface area contributed by atoms with Crippen molar-refractivity contribution in [3.05, 3.63) is 42.0 Å². The fraction of sp³-hybridized carbons (Fsp3) is 0.409. The van der Waals surface area contributed by atoms with Crippen molar-refractivity contribution in [3.63, 3.8) is 0 Å². The van der Waals surface area contributed by atoms with Crippen molar-refractivity contribution in [2.24, 2.45) is 4.99 Å². The highest BCUT2D eigenvalue weighted by Gasteiger charge is 2.14. The first-order valence-corrected chi connectivity index (χ1v) is 9.47. The first-order chi connectivity index (χ1) is 14.1. The molecule has 0 heterocycles. The number of methoxy groups -OCH3 is 4. The molecule has 2 N–H and O–H groups in total. The number of nitrogens with one attached hydrogen (secondary N) is 2. The number of ether oxygens (including phenoxy) is 4. The van der Waals surface area contributed by atoms with Crippen molar-refractivity contribution in [2.75, 3.05) is 47.3 Å². The van der Waals surface area contributed by atoms with Crippen LogP contribution in [0.2, 0.25) is 0 Å². The number of anilines is 1. The SMILES string of the molecule is CN=C(NCCC(C)c1ccc(OC)cc1)Nc1cc(OC)c(OC)c(OC)c1. The van der Waals surface area contributed by atoms with Gasteiger partial charge >= 0.3 is 0 Å². The van der Waals surface area contributed by atoms with Gasteiger partial charge in [0.1, 0.15) is 5.75 Å². The van der Waals surface area contributed by atoms with Gasteiger partial charge in [0.25, 0.3) is 0 Å². The molecule has 0 amide bonds. The molecule has 7 nitrogen and oxygen atoms in total. The number of benzene rings is 2. The first-order valence-electron chi connectivity index (χ1n) is 9.47. The Morgan fingerprint density at radius 1 is 0.931 bits per heavy atom. The predicted octanol–water partition coefficient (Wildman–Crippen LogP) is 3.90. The fourth-order valence-corrected chi connectivity index (χ4v) is 2.98. The van der Waals surface area contributed by atoms with Gasteiger partial charge < -0.3 is 29.6 Å². The van der Waals surface area contributed by atoms with Crippen LogP contribution in [0.1, 0.15) is 24.8 Å². The van der Waals surface area contributed by atoms with Crippen molar-refractivity contribution in [3.8, 4) is 23.0 Å². The van der Waals surface area contributed by atoms with Crippen LogP contribution in [0, 0.1) is 0 Å². The normalized spacial score (nSPS) is 12.1. The molecular weight excluding hydrogens is 370 g/mol. The summed E-state index contributed by atoms with van der Waals surface area (Å²) in [4.78, 5) is 4.29. The van der Waals surface area contributed by atoms with Gasteiger partial charge in [0.15, 0.2) is 17.5 Å². The summed E-state index contributed by atoms with van der Waals surface area (Å²) in [5.74, 6) is 3.66. The van der Waals surface area contributed by atoms with Crippen molar-refractivity contribution in [1.29, 1.82) is 0 Å². The highest BCUT2D eigenvalue weighted by atomic mass is 16.5. The van der Waals surface area contributed by atoms with Crippen LogP contribution in [0.5, 0.6) is 23.0 Å². The molecule has 0 aliphatic heterocycles. The van der Waals surface area contributed by atoms with E-state index in [1.807, 2.05) is 24.3 Å². The number of hydrogen-bond donors (Lipinski definition) is 2. The molecule has 0 radical (unpaired) electrons. The third-order valence-electron chi connectivity index (χ3n) is 4.71. The summed E-state index contributed by atoms with van der Waals surface area (Å²) in [6, 6.07) is 11.9. The van der Waals surface area contributed by atoms with Crippen LogP contribution in [-0.4, -0.2) is 48.0 Å². The summed E-state index contributed by atoms with van der Waals surface area (Å²) < 4.78 is 21.4. The molecule has 0 saturated carbocycles. The molecule has 0 aromatic heterocycles. The molecular formula is C22H31N3O4. The summed E-state index contributed by atoms with van der Waals surface area (Å²) >= 11 is 0. The van der Waals surface area contributed by atoms with Gasteiger partial charge in [-0.3, -0.25) is 4.99 Å². The first kappa shape index (κ1) is 22.2. The maximum Gasteiger partial charge on any atom is 0.203 e. The molecule has 0 aliphatic carbocycles. The van der Waals surface area contributed by atoms with E-state index in [0.717, 1.165) is 24.4 Å². The lowest BCUT2D eigenvalue weighted by molar-refractivity contribution is 0.324. The highest BCUT2D eigenvalue weighted by Crippen LogP contribution is 2.39. The minimum absolute atomic E-state index is 0.410. The Balaban J connectivity index is 1.96. The average Bonchev–Trinajstić information content (AvgIpc) is 2.77. The van der Waals surface area contributed by atoms with E-state index in [9.17, 15) is 0 Å². The maximum absolute atomic E-state index is 5.40. The van der Waals surface area contributed by atoms with Gasteiger partial charge in [-0.2, -0.15) is 0 Å². The molecule has 1 atom stereocenters. The number of guanidine groups is 1. The Bertz CT molecular complexity index is 781. The zero-order valence-electron chi connectivity index (χ0n) is 18.0. The van der Waals surface area contributed by atoms with Gasteiger partial charge in [0.2, 0.25) is 5.75 Å². The molecule has 7 heteroatoms. The lowest BCUT2D eigenvalue weighted by Gasteiger charge is -2.17. The van der Waals surface area contributed by atoms with Gasteiger partial charge in [0, 0.05) is 31.4 Å². The number of hydrogen-bond acceptors (Lipinski definition) is 5. The second-order valence-corrected chi connectivity index (χ2v) is 6.50. The third kappa shape index (κ3) is 5.94. The standard InChI is InChI=1S/C22H31N3O4/c1-15(16-7-9-18(26-3)10-8-16)11-12-24-22(23-2)25-17-13-19(27-4)21(29-6)20(14-17)28-5/h7-10,13-15H,11-12H2,1-6H3,(H2,23,24,25). The van der Waals surface area contributed by atoms with Gasteiger partial charge in [-0.25, -0.2) is 0 Å². The molecule has 0 fully saturated rings. The molecule has 2 rings (SSSR count). The van der Waals surface area contributed by atoms with Crippen LogP contribution >= 0.6 is 0 Å². The maximum atomic E-state index is 5.40. The van der Waals surface area contributed by atoms with E-state index in [4.69, 9.17) is 18.9 Å². The van der Waals surface area contributed by atoms with Crippen LogP contribution in [0.4, 0.5) is 5.69 Å². The Morgan fingerprint density at radius 3 is 2.03 bits per heavy atom. The highest BCUT2D eigenvalue weighted by molar-refractivity contribution is 5.94. The Kier molecular flexibility index (Phi) is 8.45. The van der Waals surface area contributed by atoms with E-state index in [2.05, 4.69) is 34.7 Å². The molecule has 0 bridgehead atoms. The number of rotatable bonds is 9. The average molecular weight is 402 g/mol. The van der Waals surface area contributed by atoms with Gasteiger partial charge in [-0.05, 0) is 30.0 Å². The van der Waals surface area contributed by atoms with Crippen molar-refractivity contribution in [1.82, 2.24) is 5.32 Å². The van der Waals surface area contributed by atoms with E-state index < -0.39 is 0 Å². The van der Waals surface area contributed by atoms with Crippen LogP contribution < -0.4 is 29.6 Å². The predicted molar refractivity (Wildman–Crippen MR) is 117 cm³/mol. The van der Waals surface area contributed by atoms with Gasteiger partial charge in [-0.15, -0.1) is 0 Å². The quantitative estimate of drug-likeness (QED) is 0.490. The fourth-order valence-electron chi connectivity index (χ4n) is 2.98.